The predicted octanol–water partition coefficient (Wildman–Crippen LogP) is 3.76. The number of hydrogen-bond acceptors (Lipinski definition) is 4. The molecule has 1 N–H and O–H groups in total. The van der Waals surface area contributed by atoms with Gasteiger partial charge in [0.05, 0.1) is 11.5 Å². The number of nitro groups is 1. The Morgan fingerprint density at radius 1 is 1.26 bits per heavy atom. The first-order valence-electron chi connectivity index (χ1n) is 9.45. The van der Waals surface area contributed by atoms with Crippen LogP contribution < -0.4 is 5.32 Å². The minimum absolute atomic E-state index is 0.0398. The molecule has 0 radical (unpaired) electrons. The summed E-state index contributed by atoms with van der Waals surface area (Å²) >= 11 is 0. The standard InChI is InChI=1S/C20H26N4O3/c1-13-6-4-5-7-18(13)21-20(25)17-10-8-16(9-11-17)12-23-15(3)19(24(26)27)14(2)22-23/h8-11,13,18H,4-7,12H2,1-3H3,(H,21,25)/t13-,18-/m0/s1. The van der Waals surface area contributed by atoms with Crippen molar-refractivity contribution < 1.29 is 9.72 Å². The van der Waals surface area contributed by atoms with Gasteiger partial charge in [-0.3, -0.25) is 19.6 Å². The lowest BCUT2D eigenvalue weighted by atomic mass is 9.86. The minimum atomic E-state index is -0.395. The van der Waals surface area contributed by atoms with Crippen molar-refractivity contribution in [3.05, 3.63) is 56.9 Å². The molecule has 1 fully saturated rings. The molecule has 1 heterocycles. The van der Waals surface area contributed by atoms with Crippen molar-refractivity contribution in [3.63, 3.8) is 0 Å². The second kappa shape index (κ2) is 7.90. The molecule has 7 heteroatoms. The third kappa shape index (κ3) is 4.18. The third-order valence-electron chi connectivity index (χ3n) is 5.50. The quantitative estimate of drug-likeness (QED) is 0.641. The van der Waals surface area contributed by atoms with Crippen LogP contribution in [0.3, 0.4) is 0 Å². The summed E-state index contributed by atoms with van der Waals surface area (Å²) in [6, 6.07) is 7.61. The number of amides is 1. The fourth-order valence-electron chi connectivity index (χ4n) is 3.82. The first-order chi connectivity index (χ1) is 12.9. The second-order valence-electron chi connectivity index (χ2n) is 7.47. The maximum absolute atomic E-state index is 12.5. The van der Waals surface area contributed by atoms with E-state index < -0.39 is 4.92 Å². The summed E-state index contributed by atoms with van der Waals surface area (Å²) in [5, 5.41) is 18.5. The number of nitrogens with zero attached hydrogens (tertiary/aromatic N) is 3. The third-order valence-corrected chi connectivity index (χ3v) is 5.50. The van der Waals surface area contributed by atoms with E-state index in [0.717, 1.165) is 12.0 Å². The highest BCUT2D eigenvalue weighted by atomic mass is 16.6. The molecule has 3 rings (SSSR count). The van der Waals surface area contributed by atoms with E-state index in [0.29, 0.717) is 29.4 Å². The van der Waals surface area contributed by atoms with E-state index in [9.17, 15) is 14.9 Å². The molecule has 1 aromatic heterocycles. The zero-order valence-electron chi connectivity index (χ0n) is 16.1. The van der Waals surface area contributed by atoms with Crippen LogP contribution in [-0.2, 0) is 6.54 Å². The molecule has 27 heavy (non-hydrogen) atoms. The van der Waals surface area contributed by atoms with Crippen LogP contribution in [0.5, 0.6) is 0 Å². The van der Waals surface area contributed by atoms with Gasteiger partial charge < -0.3 is 5.32 Å². The zero-order valence-corrected chi connectivity index (χ0v) is 16.1. The number of aromatic nitrogens is 2. The Balaban J connectivity index is 1.68. The highest BCUT2D eigenvalue weighted by Crippen LogP contribution is 2.24. The molecule has 1 saturated carbocycles. The van der Waals surface area contributed by atoms with Crippen LogP contribution in [0.2, 0.25) is 0 Å². The van der Waals surface area contributed by atoms with Crippen LogP contribution in [0.4, 0.5) is 5.69 Å². The molecule has 0 aliphatic heterocycles. The summed E-state index contributed by atoms with van der Waals surface area (Å²) < 4.78 is 1.63. The largest absolute Gasteiger partial charge is 0.349 e. The molecule has 2 aromatic rings. The Bertz CT molecular complexity index is 842. The molecule has 1 aliphatic carbocycles. The maximum atomic E-state index is 12.5. The maximum Gasteiger partial charge on any atom is 0.312 e. The second-order valence-corrected chi connectivity index (χ2v) is 7.47. The highest BCUT2D eigenvalue weighted by Gasteiger charge is 2.24. The summed E-state index contributed by atoms with van der Waals surface area (Å²) in [5.41, 5.74) is 2.59. The Hall–Kier alpha value is -2.70. The van der Waals surface area contributed by atoms with E-state index in [4.69, 9.17) is 0 Å². The number of benzene rings is 1. The molecule has 0 spiro atoms. The van der Waals surface area contributed by atoms with Crippen molar-refractivity contribution in [1.29, 1.82) is 0 Å². The van der Waals surface area contributed by atoms with Gasteiger partial charge in [-0.05, 0) is 50.3 Å². The van der Waals surface area contributed by atoms with Crippen molar-refractivity contribution in [2.24, 2.45) is 5.92 Å². The zero-order chi connectivity index (χ0) is 19.6. The van der Waals surface area contributed by atoms with Crippen molar-refractivity contribution >= 4 is 11.6 Å². The molecule has 2 atom stereocenters. The molecule has 0 saturated heterocycles. The molecule has 1 aromatic carbocycles. The summed E-state index contributed by atoms with van der Waals surface area (Å²) in [5.74, 6) is 0.478. The van der Waals surface area contributed by atoms with E-state index >= 15 is 0 Å². The summed E-state index contributed by atoms with van der Waals surface area (Å²) in [4.78, 5) is 23.2. The summed E-state index contributed by atoms with van der Waals surface area (Å²) in [7, 11) is 0. The van der Waals surface area contributed by atoms with E-state index in [1.165, 1.54) is 19.3 Å². The van der Waals surface area contributed by atoms with Gasteiger partial charge in [-0.25, -0.2) is 0 Å². The topological polar surface area (TPSA) is 90.1 Å². The smallest absolute Gasteiger partial charge is 0.312 e. The number of nitrogens with one attached hydrogen (secondary N) is 1. The van der Waals surface area contributed by atoms with Crippen LogP contribution in [0.25, 0.3) is 0 Å². The van der Waals surface area contributed by atoms with Gasteiger partial charge in [0, 0.05) is 11.6 Å². The lowest BCUT2D eigenvalue weighted by Crippen LogP contribution is -2.41. The molecule has 144 valence electrons. The number of aryl methyl sites for hydroxylation is 1. The van der Waals surface area contributed by atoms with Crippen molar-refractivity contribution in [1.82, 2.24) is 15.1 Å². The Labute approximate surface area is 158 Å². The molecule has 0 unspecified atom stereocenters. The number of hydrogen-bond donors (Lipinski definition) is 1. The van der Waals surface area contributed by atoms with Crippen molar-refractivity contribution in [3.8, 4) is 0 Å². The first-order valence-corrected chi connectivity index (χ1v) is 9.45. The summed E-state index contributed by atoms with van der Waals surface area (Å²) in [6.45, 7) is 5.97. The van der Waals surface area contributed by atoms with Gasteiger partial charge in [-0.2, -0.15) is 5.10 Å². The van der Waals surface area contributed by atoms with Crippen LogP contribution in [0, 0.1) is 29.9 Å². The number of carbonyl (C=O) groups excluding carboxylic acids is 1. The van der Waals surface area contributed by atoms with Crippen LogP contribution in [0.1, 0.15) is 59.9 Å². The normalized spacial score (nSPS) is 19.7. The average Bonchev–Trinajstić information content (AvgIpc) is 2.91. The first kappa shape index (κ1) is 19.1. The number of carbonyl (C=O) groups is 1. The molecule has 1 amide bonds. The fourth-order valence-corrected chi connectivity index (χ4v) is 3.82. The molecular formula is C20H26N4O3. The number of rotatable bonds is 5. The molecule has 1 aliphatic rings. The Kier molecular flexibility index (Phi) is 5.58. The average molecular weight is 370 g/mol. The molecule has 0 bridgehead atoms. The van der Waals surface area contributed by atoms with Crippen molar-refractivity contribution in [2.75, 3.05) is 0 Å². The van der Waals surface area contributed by atoms with E-state index in [1.54, 1.807) is 30.7 Å². The van der Waals surface area contributed by atoms with Crippen LogP contribution in [-0.4, -0.2) is 26.7 Å². The Morgan fingerprint density at radius 2 is 1.93 bits per heavy atom. The minimum Gasteiger partial charge on any atom is -0.349 e. The fraction of sp³-hybridized carbons (Fsp3) is 0.500. The van der Waals surface area contributed by atoms with Crippen molar-refractivity contribution in [2.45, 2.75) is 59.0 Å². The molecular weight excluding hydrogens is 344 g/mol. The van der Waals surface area contributed by atoms with Gasteiger partial charge >= 0.3 is 5.69 Å². The monoisotopic (exact) mass is 370 g/mol. The van der Waals surface area contributed by atoms with Gasteiger partial charge in [0.25, 0.3) is 5.91 Å². The van der Waals surface area contributed by atoms with Gasteiger partial charge in [0.2, 0.25) is 0 Å². The highest BCUT2D eigenvalue weighted by molar-refractivity contribution is 5.94. The van der Waals surface area contributed by atoms with E-state index in [2.05, 4.69) is 17.3 Å². The van der Waals surface area contributed by atoms with Gasteiger partial charge in [-0.1, -0.05) is 31.9 Å². The van der Waals surface area contributed by atoms with E-state index in [-0.39, 0.29) is 17.6 Å². The Morgan fingerprint density at radius 3 is 2.52 bits per heavy atom. The molecule has 7 nitrogen and oxygen atoms in total. The predicted molar refractivity (Wildman–Crippen MR) is 103 cm³/mol. The van der Waals surface area contributed by atoms with Gasteiger partial charge in [0.15, 0.2) is 0 Å². The van der Waals surface area contributed by atoms with Gasteiger partial charge in [0.1, 0.15) is 11.4 Å². The lowest BCUT2D eigenvalue weighted by Gasteiger charge is -2.29. The van der Waals surface area contributed by atoms with Crippen LogP contribution >= 0.6 is 0 Å². The van der Waals surface area contributed by atoms with Gasteiger partial charge in [-0.15, -0.1) is 0 Å². The van der Waals surface area contributed by atoms with Crippen LogP contribution in [0.15, 0.2) is 24.3 Å². The van der Waals surface area contributed by atoms with E-state index in [1.807, 2.05) is 12.1 Å². The lowest BCUT2D eigenvalue weighted by molar-refractivity contribution is -0.386. The SMILES string of the molecule is Cc1nn(Cc2ccc(C(=O)N[C@H]3CCCC[C@@H]3C)cc2)c(C)c1[N+](=O)[O-]. The summed E-state index contributed by atoms with van der Waals surface area (Å²) in [6.07, 6.45) is 4.62.